The Morgan fingerprint density at radius 2 is 2.15 bits per heavy atom. The van der Waals surface area contributed by atoms with Crippen molar-refractivity contribution in [3.8, 4) is 0 Å². The molecule has 0 bridgehead atoms. The van der Waals surface area contributed by atoms with E-state index in [0.717, 1.165) is 25.3 Å². The molecule has 7 heteroatoms. The van der Waals surface area contributed by atoms with Gasteiger partial charge in [-0.05, 0) is 44.4 Å². The molecule has 1 heterocycles. The van der Waals surface area contributed by atoms with Gasteiger partial charge in [-0.1, -0.05) is 12.1 Å². The molecule has 1 aliphatic heterocycles. The van der Waals surface area contributed by atoms with Gasteiger partial charge < -0.3 is 15.1 Å². The van der Waals surface area contributed by atoms with Crippen LogP contribution in [0.5, 0.6) is 0 Å². The molecule has 0 aliphatic carbocycles. The minimum Gasteiger partial charge on any atom is -0.368 e. The highest BCUT2D eigenvalue weighted by Crippen LogP contribution is 2.32. The van der Waals surface area contributed by atoms with Gasteiger partial charge in [0.2, 0.25) is 0 Å². The van der Waals surface area contributed by atoms with Crippen LogP contribution < -0.4 is 10.2 Å². The molecule has 1 aliphatic rings. The molecule has 1 fully saturated rings. The van der Waals surface area contributed by atoms with Gasteiger partial charge >= 0.3 is 12.2 Å². The maximum Gasteiger partial charge on any atom is 0.416 e. The van der Waals surface area contributed by atoms with Crippen molar-refractivity contribution in [3.63, 3.8) is 0 Å². The molecular weight excluding hydrogens is 343 g/mol. The van der Waals surface area contributed by atoms with Crippen molar-refractivity contribution in [1.29, 1.82) is 0 Å². The van der Waals surface area contributed by atoms with Crippen LogP contribution in [0.2, 0.25) is 0 Å². The number of rotatable bonds is 6. The van der Waals surface area contributed by atoms with Crippen LogP contribution in [0.1, 0.15) is 31.7 Å². The number of hydrogen-bond donors (Lipinski definition) is 1. The number of nitrogens with one attached hydrogen (secondary N) is 1. The first-order chi connectivity index (χ1) is 12.4. The molecule has 1 atom stereocenters. The Kier molecular flexibility index (Phi) is 6.94. The maximum atomic E-state index is 13.0. The standard InChI is InChI=1S/C19H26F3N3O/c1-3-5-6-9-17-14-24(11-12-25(17)18(26)23-4-2)16-10-7-8-15(13-16)19(20,21)22/h3,7-8,10,13,17H,1,4-6,9,11-12,14H2,2H3,(H,23,26). The van der Waals surface area contributed by atoms with Gasteiger partial charge in [0.15, 0.2) is 0 Å². The summed E-state index contributed by atoms with van der Waals surface area (Å²) < 4.78 is 38.9. The zero-order valence-corrected chi connectivity index (χ0v) is 15.1. The summed E-state index contributed by atoms with van der Waals surface area (Å²) in [5, 5.41) is 2.82. The molecule has 0 saturated carbocycles. The van der Waals surface area contributed by atoms with Crippen LogP contribution >= 0.6 is 0 Å². The number of carbonyl (C=O) groups excluding carboxylic acids is 1. The van der Waals surface area contributed by atoms with Crippen molar-refractivity contribution >= 4 is 11.7 Å². The molecule has 0 aromatic heterocycles. The highest BCUT2D eigenvalue weighted by Gasteiger charge is 2.33. The number of piperazine rings is 1. The van der Waals surface area contributed by atoms with Crippen molar-refractivity contribution in [1.82, 2.24) is 10.2 Å². The van der Waals surface area contributed by atoms with E-state index in [1.807, 2.05) is 17.9 Å². The first-order valence-corrected chi connectivity index (χ1v) is 8.94. The molecular formula is C19H26F3N3O. The number of carbonyl (C=O) groups is 1. The second-order valence-corrected chi connectivity index (χ2v) is 6.40. The molecule has 1 saturated heterocycles. The van der Waals surface area contributed by atoms with E-state index in [1.165, 1.54) is 12.1 Å². The molecule has 1 N–H and O–H groups in total. The predicted octanol–water partition coefficient (Wildman–Crippen LogP) is 4.28. The monoisotopic (exact) mass is 369 g/mol. The van der Waals surface area contributed by atoms with Crippen LogP contribution in [0.25, 0.3) is 0 Å². The third-order valence-electron chi connectivity index (χ3n) is 4.56. The molecule has 144 valence electrons. The average molecular weight is 369 g/mol. The lowest BCUT2D eigenvalue weighted by Gasteiger charge is -2.42. The number of anilines is 1. The van der Waals surface area contributed by atoms with E-state index in [9.17, 15) is 18.0 Å². The van der Waals surface area contributed by atoms with Gasteiger partial charge in [0.05, 0.1) is 11.6 Å². The Bertz CT molecular complexity index is 618. The van der Waals surface area contributed by atoms with E-state index in [1.54, 1.807) is 11.0 Å². The number of amides is 2. The quantitative estimate of drug-likeness (QED) is 0.600. The van der Waals surface area contributed by atoms with E-state index < -0.39 is 11.7 Å². The van der Waals surface area contributed by atoms with Crippen molar-refractivity contribution < 1.29 is 18.0 Å². The largest absolute Gasteiger partial charge is 0.416 e. The summed E-state index contributed by atoms with van der Waals surface area (Å²) in [5.74, 6) is 0. The highest BCUT2D eigenvalue weighted by molar-refractivity contribution is 5.75. The Morgan fingerprint density at radius 1 is 1.38 bits per heavy atom. The number of alkyl halides is 3. The van der Waals surface area contributed by atoms with Gasteiger partial charge in [-0.15, -0.1) is 6.58 Å². The third kappa shape index (κ3) is 5.16. The molecule has 26 heavy (non-hydrogen) atoms. The summed E-state index contributed by atoms with van der Waals surface area (Å²) in [6.07, 6.45) is 0.00841. The SMILES string of the molecule is C=CCCCC1CN(c2cccc(C(F)(F)F)c2)CCN1C(=O)NCC. The van der Waals surface area contributed by atoms with E-state index in [-0.39, 0.29) is 12.1 Å². The Hall–Kier alpha value is -2.18. The lowest BCUT2D eigenvalue weighted by Crippen LogP contribution is -2.57. The smallest absolute Gasteiger partial charge is 0.368 e. The van der Waals surface area contributed by atoms with E-state index >= 15 is 0 Å². The number of hydrogen-bond acceptors (Lipinski definition) is 2. The first-order valence-electron chi connectivity index (χ1n) is 8.94. The molecule has 1 aromatic rings. The number of benzene rings is 1. The fourth-order valence-electron chi connectivity index (χ4n) is 3.23. The van der Waals surface area contributed by atoms with Gasteiger partial charge in [-0.3, -0.25) is 0 Å². The fraction of sp³-hybridized carbons (Fsp3) is 0.526. The molecule has 4 nitrogen and oxygen atoms in total. The van der Waals surface area contributed by atoms with Crippen molar-refractivity contribution in [2.24, 2.45) is 0 Å². The van der Waals surface area contributed by atoms with Crippen molar-refractivity contribution in [2.45, 2.75) is 38.4 Å². The van der Waals surface area contributed by atoms with Crippen LogP contribution in [0.4, 0.5) is 23.7 Å². The van der Waals surface area contributed by atoms with Gasteiger partial charge in [0.1, 0.15) is 0 Å². The fourth-order valence-corrected chi connectivity index (χ4v) is 3.23. The number of allylic oxidation sites excluding steroid dienone is 1. The first kappa shape index (κ1) is 20.1. The molecule has 0 spiro atoms. The molecule has 1 unspecified atom stereocenters. The maximum absolute atomic E-state index is 13.0. The molecule has 2 amide bonds. The number of urea groups is 1. The summed E-state index contributed by atoms with van der Waals surface area (Å²) >= 11 is 0. The zero-order chi connectivity index (χ0) is 19.2. The second kappa shape index (κ2) is 8.96. The Morgan fingerprint density at radius 3 is 2.81 bits per heavy atom. The summed E-state index contributed by atoms with van der Waals surface area (Å²) in [4.78, 5) is 16.0. The van der Waals surface area contributed by atoms with Gasteiger partial charge in [0.25, 0.3) is 0 Å². The third-order valence-corrected chi connectivity index (χ3v) is 4.56. The predicted molar refractivity (Wildman–Crippen MR) is 97.3 cm³/mol. The second-order valence-electron chi connectivity index (χ2n) is 6.40. The minimum absolute atomic E-state index is 0.0372. The van der Waals surface area contributed by atoms with E-state index in [4.69, 9.17) is 0 Å². The van der Waals surface area contributed by atoms with Crippen LogP contribution in [0.15, 0.2) is 36.9 Å². The molecule has 0 radical (unpaired) electrons. The summed E-state index contributed by atoms with van der Waals surface area (Å²) in [6.45, 7) is 7.65. The van der Waals surface area contributed by atoms with Crippen molar-refractivity contribution in [2.75, 3.05) is 31.1 Å². The molecule has 1 aromatic carbocycles. The number of halogens is 3. The lowest BCUT2D eigenvalue weighted by atomic mass is 10.0. The van der Waals surface area contributed by atoms with Crippen LogP contribution in [-0.4, -0.2) is 43.2 Å². The lowest BCUT2D eigenvalue weighted by molar-refractivity contribution is -0.137. The zero-order valence-electron chi connectivity index (χ0n) is 15.1. The van der Waals surface area contributed by atoms with Crippen molar-refractivity contribution in [3.05, 3.63) is 42.5 Å². The van der Waals surface area contributed by atoms with Gasteiger partial charge in [0, 0.05) is 31.9 Å². The number of nitrogens with zero attached hydrogens (tertiary/aromatic N) is 2. The van der Waals surface area contributed by atoms with E-state index in [2.05, 4.69) is 11.9 Å². The minimum atomic E-state index is -4.36. The normalized spacial score (nSPS) is 17.9. The highest BCUT2D eigenvalue weighted by atomic mass is 19.4. The molecule has 2 rings (SSSR count). The number of unbranched alkanes of at least 4 members (excludes halogenated alkanes) is 1. The Labute approximate surface area is 152 Å². The van der Waals surface area contributed by atoms with Gasteiger partial charge in [-0.2, -0.15) is 13.2 Å². The average Bonchev–Trinajstić information content (AvgIpc) is 2.61. The summed E-state index contributed by atoms with van der Waals surface area (Å²) in [6, 6.07) is 5.24. The van der Waals surface area contributed by atoms with E-state index in [0.29, 0.717) is 31.9 Å². The van der Waals surface area contributed by atoms with Crippen LogP contribution in [0, 0.1) is 0 Å². The van der Waals surface area contributed by atoms with Gasteiger partial charge in [-0.25, -0.2) is 4.79 Å². The van der Waals surface area contributed by atoms with Crippen LogP contribution in [0.3, 0.4) is 0 Å². The topological polar surface area (TPSA) is 35.6 Å². The van der Waals surface area contributed by atoms with Crippen LogP contribution in [-0.2, 0) is 6.18 Å². The summed E-state index contributed by atoms with van der Waals surface area (Å²) in [5.41, 5.74) is -0.103. The summed E-state index contributed by atoms with van der Waals surface area (Å²) in [7, 11) is 0. The Balaban J connectivity index is 2.15.